The van der Waals surface area contributed by atoms with Crippen LogP contribution in [0.3, 0.4) is 0 Å². The molecule has 0 radical (unpaired) electrons. The summed E-state index contributed by atoms with van der Waals surface area (Å²) in [4.78, 5) is 0. The normalized spacial score (nSPS) is 25.1. The van der Waals surface area contributed by atoms with Crippen LogP contribution in [0, 0.1) is 5.82 Å². The summed E-state index contributed by atoms with van der Waals surface area (Å²) in [6.07, 6.45) is -3.71. The largest absolute Gasteiger partial charge is 0.419 e. The van der Waals surface area contributed by atoms with Gasteiger partial charge in [-0.15, -0.1) is 0 Å². The SMILES string of the molecule is OC1(c2ccc(F)c(C(F)(F)F)c2)CCCOCC1. The molecule has 1 aliphatic heterocycles. The number of rotatable bonds is 1. The Bertz CT molecular complexity index is 448. The average Bonchev–Trinajstić information content (AvgIpc) is 2.54. The molecule has 1 aliphatic rings. The number of aliphatic hydroxyl groups is 1. The van der Waals surface area contributed by atoms with E-state index in [1.54, 1.807) is 0 Å². The lowest BCUT2D eigenvalue weighted by Gasteiger charge is -2.27. The van der Waals surface area contributed by atoms with Gasteiger partial charge in [0.2, 0.25) is 0 Å². The molecule has 2 nitrogen and oxygen atoms in total. The zero-order valence-electron chi connectivity index (χ0n) is 10.1. The number of ether oxygens (including phenoxy) is 1. The van der Waals surface area contributed by atoms with Crippen LogP contribution in [-0.4, -0.2) is 18.3 Å². The molecule has 2 rings (SSSR count). The van der Waals surface area contributed by atoms with Gasteiger partial charge in [-0.3, -0.25) is 0 Å². The summed E-state index contributed by atoms with van der Waals surface area (Å²) in [5, 5.41) is 10.4. The smallest absolute Gasteiger partial charge is 0.385 e. The number of halogens is 4. The van der Waals surface area contributed by atoms with Gasteiger partial charge >= 0.3 is 6.18 Å². The van der Waals surface area contributed by atoms with Gasteiger partial charge in [0.05, 0.1) is 11.2 Å². The Labute approximate surface area is 108 Å². The van der Waals surface area contributed by atoms with Crippen molar-refractivity contribution < 1.29 is 27.4 Å². The first-order chi connectivity index (χ1) is 8.83. The van der Waals surface area contributed by atoms with Crippen molar-refractivity contribution in [2.45, 2.75) is 31.0 Å². The summed E-state index contributed by atoms with van der Waals surface area (Å²) >= 11 is 0. The Kier molecular flexibility index (Phi) is 3.82. The van der Waals surface area contributed by atoms with Crippen LogP contribution in [0.25, 0.3) is 0 Å². The van der Waals surface area contributed by atoms with Crippen LogP contribution < -0.4 is 0 Å². The zero-order chi connectivity index (χ0) is 14.1. The van der Waals surface area contributed by atoms with Crippen molar-refractivity contribution in [3.8, 4) is 0 Å². The lowest BCUT2D eigenvalue weighted by molar-refractivity contribution is -0.140. The molecule has 0 saturated carbocycles. The molecule has 106 valence electrons. The maximum Gasteiger partial charge on any atom is 0.419 e. The standard InChI is InChI=1S/C13H14F4O2/c14-11-3-2-9(8-10(11)13(15,16)17)12(18)4-1-6-19-7-5-12/h2-3,8,18H,1,4-7H2. The van der Waals surface area contributed by atoms with E-state index in [0.717, 1.165) is 6.07 Å². The first-order valence-electron chi connectivity index (χ1n) is 6.00. The van der Waals surface area contributed by atoms with Crippen LogP contribution in [-0.2, 0) is 16.5 Å². The third-order valence-corrected chi connectivity index (χ3v) is 3.35. The van der Waals surface area contributed by atoms with Crippen molar-refractivity contribution in [1.82, 2.24) is 0 Å². The van der Waals surface area contributed by atoms with Gasteiger partial charge < -0.3 is 9.84 Å². The molecule has 0 aromatic heterocycles. The van der Waals surface area contributed by atoms with Crippen molar-refractivity contribution in [2.24, 2.45) is 0 Å². The molecule has 1 unspecified atom stereocenters. The molecule has 19 heavy (non-hydrogen) atoms. The molecule has 6 heteroatoms. The van der Waals surface area contributed by atoms with Gasteiger partial charge in [0, 0.05) is 19.6 Å². The second kappa shape index (κ2) is 5.09. The molecule has 1 N–H and O–H groups in total. The maximum absolute atomic E-state index is 13.2. The van der Waals surface area contributed by atoms with Crippen molar-refractivity contribution >= 4 is 0 Å². The van der Waals surface area contributed by atoms with E-state index in [4.69, 9.17) is 4.74 Å². The molecule has 1 fully saturated rings. The van der Waals surface area contributed by atoms with Gasteiger partial charge in [-0.1, -0.05) is 6.07 Å². The zero-order valence-corrected chi connectivity index (χ0v) is 10.1. The van der Waals surface area contributed by atoms with Gasteiger partial charge in [-0.2, -0.15) is 13.2 Å². The summed E-state index contributed by atoms with van der Waals surface area (Å²) in [5.74, 6) is -1.33. The van der Waals surface area contributed by atoms with Crippen molar-refractivity contribution in [3.63, 3.8) is 0 Å². The van der Waals surface area contributed by atoms with E-state index < -0.39 is 23.2 Å². The van der Waals surface area contributed by atoms with Gasteiger partial charge in [-0.05, 0) is 30.5 Å². The number of alkyl halides is 3. The van der Waals surface area contributed by atoms with E-state index in [9.17, 15) is 22.7 Å². The van der Waals surface area contributed by atoms with Crippen molar-refractivity contribution in [2.75, 3.05) is 13.2 Å². The van der Waals surface area contributed by atoms with Crippen LogP contribution in [0.4, 0.5) is 17.6 Å². The van der Waals surface area contributed by atoms with Crippen LogP contribution in [0.15, 0.2) is 18.2 Å². The monoisotopic (exact) mass is 278 g/mol. The molecule has 0 aliphatic carbocycles. The van der Waals surface area contributed by atoms with Gasteiger partial charge in [0.25, 0.3) is 0 Å². The predicted molar refractivity (Wildman–Crippen MR) is 60.0 cm³/mol. The van der Waals surface area contributed by atoms with E-state index in [0.29, 0.717) is 25.5 Å². The van der Waals surface area contributed by atoms with Gasteiger partial charge in [0.15, 0.2) is 0 Å². The topological polar surface area (TPSA) is 29.5 Å². The first kappa shape index (κ1) is 14.3. The first-order valence-corrected chi connectivity index (χ1v) is 6.00. The summed E-state index contributed by atoms with van der Waals surface area (Å²) in [5.41, 5.74) is -2.64. The average molecular weight is 278 g/mol. The highest BCUT2D eigenvalue weighted by Gasteiger charge is 2.37. The molecular formula is C13H14F4O2. The molecule has 0 bridgehead atoms. The lowest BCUT2D eigenvalue weighted by Crippen LogP contribution is -2.26. The second-order valence-corrected chi connectivity index (χ2v) is 4.69. The second-order valence-electron chi connectivity index (χ2n) is 4.69. The Balaban J connectivity index is 2.39. The van der Waals surface area contributed by atoms with Crippen molar-refractivity contribution in [1.29, 1.82) is 0 Å². The molecular weight excluding hydrogens is 264 g/mol. The van der Waals surface area contributed by atoms with Crippen LogP contribution in [0.2, 0.25) is 0 Å². The highest BCUT2D eigenvalue weighted by molar-refractivity contribution is 5.31. The quantitative estimate of drug-likeness (QED) is 0.799. The number of hydrogen-bond donors (Lipinski definition) is 1. The molecule has 0 spiro atoms. The molecule has 1 atom stereocenters. The summed E-state index contributed by atoms with van der Waals surface area (Å²) < 4.78 is 56.4. The number of hydrogen-bond acceptors (Lipinski definition) is 2. The lowest BCUT2D eigenvalue weighted by atomic mass is 9.86. The third kappa shape index (κ3) is 3.06. The van der Waals surface area contributed by atoms with Crippen LogP contribution >= 0.6 is 0 Å². The van der Waals surface area contributed by atoms with E-state index in [1.807, 2.05) is 0 Å². The Morgan fingerprint density at radius 3 is 2.58 bits per heavy atom. The minimum atomic E-state index is -4.77. The maximum atomic E-state index is 13.2. The fraction of sp³-hybridized carbons (Fsp3) is 0.538. The minimum absolute atomic E-state index is 0.0896. The highest BCUT2D eigenvalue weighted by Crippen LogP contribution is 2.37. The fourth-order valence-electron chi connectivity index (χ4n) is 2.26. The van der Waals surface area contributed by atoms with Gasteiger partial charge in [-0.25, -0.2) is 4.39 Å². The third-order valence-electron chi connectivity index (χ3n) is 3.35. The Morgan fingerprint density at radius 1 is 1.16 bits per heavy atom. The van der Waals surface area contributed by atoms with E-state index in [1.165, 1.54) is 6.07 Å². The molecule has 1 saturated heterocycles. The summed E-state index contributed by atoms with van der Waals surface area (Å²) in [7, 11) is 0. The van der Waals surface area contributed by atoms with E-state index in [2.05, 4.69) is 0 Å². The Hall–Kier alpha value is -1.14. The van der Waals surface area contributed by atoms with Gasteiger partial charge in [0.1, 0.15) is 5.82 Å². The summed E-state index contributed by atoms with van der Waals surface area (Å²) in [6.45, 7) is 0.741. The summed E-state index contributed by atoms with van der Waals surface area (Å²) in [6, 6.07) is 2.65. The predicted octanol–water partition coefficient (Wildman–Crippen LogP) is 3.23. The molecule has 1 aromatic rings. The van der Waals surface area contributed by atoms with Crippen LogP contribution in [0.1, 0.15) is 30.4 Å². The Morgan fingerprint density at radius 2 is 1.89 bits per heavy atom. The van der Waals surface area contributed by atoms with E-state index >= 15 is 0 Å². The van der Waals surface area contributed by atoms with Crippen LogP contribution in [0.5, 0.6) is 0 Å². The highest BCUT2D eigenvalue weighted by atomic mass is 19.4. The molecule has 1 aromatic carbocycles. The molecule has 0 amide bonds. The van der Waals surface area contributed by atoms with Crippen molar-refractivity contribution in [3.05, 3.63) is 35.1 Å². The fourth-order valence-corrected chi connectivity index (χ4v) is 2.26. The molecule has 1 heterocycles. The van der Waals surface area contributed by atoms with E-state index in [-0.39, 0.29) is 18.6 Å². The minimum Gasteiger partial charge on any atom is -0.385 e. The number of benzene rings is 1.